The van der Waals surface area contributed by atoms with Gasteiger partial charge in [0.25, 0.3) is 0 Å². The molecule has 5 heteroatoms. The van der Waals surface area contributed by atoms with Crippen LogP contribution in [0.1, 0.15) is 26.2 Å². The Morgan fingerprint density at radius 3 is 2.00 bits per heavy atom. The molecule has 2 nitrogen and oxygen atoms in total. The van der Waals surface area contributed by atoms with E-state index in [1.165, 1.54) is 0 Å². The van der Waals surface area contributed by atoms with Crippen LogP contribution in [0.3, 0.4) is 0 Å². The second kappa shape index (κ2) is 4.90. The summed E-state index contributed by atoms with van der Waals surface area (Å²) in [7, 11) is 0. The van der Waals surface area contributed by atoms with Crippen molar-refractivity contribution in [1.82, 2.24) is 0 Å². The Hall–Kier alpha value is 0.130. The van der Waals surface area contributed by atoms with Crippen LogP contribution in [0.5, 0.6) is 0 Å². The van der Waals surface area contributed by atoms with Crippen LogP contribution in [0.4, 0.5) is 8.78 Å². The summed E-state index contributed by atoms with van der Waals surface area (Å²) in [4.78, 5) is 0. The van der Waals surface area contributed by atoms with Gasteiger partial charge in [0.05, 0.1) is 12.2 Å². The average Bonchev–Trinajstić information content (AvgIpc) is 2.68. The zero-order chi connectivity index (χ0) is 8.91. The number of hydrogen-bond acceptors (Lipinski definition) is 3. The molecule has 0 aromatic carbocycles. The van der Waals surface area contributed by atoms with Crippen LogP contribution in [-0.4, -0.2) is 11.0 Å². The first-order valence-corrected chi connectivity index (χ1v) is 4.25. The molecule has 0 heterocycles. The minimum atomic E-state index is -2.08. The van der Waals surface area contributed by atoms with E-state index in [-0.39, 0.29) is 12.2 Å². The van der Waals surface area contributed by atoms with E-state index in [0.717, 1.165) is 12.8 Å². The van der Waals surface area contributed by atoms with Crippen molar-refractivity contribution < 1.29 is 13.3 Å². The predicted octanol–water partition coefficient (Wildman–Crippen LogP) is 2.51. The maximum absolute atomic E-state index is 11.9. The summed E-state index contributed by atoms with van der Waals surface area (Å²) in [5.41, 5.74) is -0.542. The molecule has 0 saturated heterocycles. The highest BCUT2D eigenvalue weighted by atomic mass is 32.2. The van der Waals surface area contributed by atoms with E-state index < -0.39 is 11.8 Å². The summed E-state index contributed by atoms with van der Waals surface area (Å²) in [6.07, 6.45) is 0.0417. The highest BCUT2D eigenvalue weighted by Gasteiger charge is 2.48. The Morgan fingerprint density at radius 2 is 2.00 bits per heavy atom. The van der Waals surface area contributed by atoms with Gasteiger partial charge >= 0.3 is 0 Å². The molecule has 1 aliphatic rings. The van der Waals surface area contributed by atoms with Crippen LogP contribution in [0.15, 0.2) is 0 Å². The van der Waals surface area contributed by atoms with Crippen molar-refractivity contribution in [1.29, 1.82) is 0 Å². The fourth-order valence-corrected chi connectivity index (χ4v) is 0.887. The van der Waals surface area contributed by atoms with Gasteiger partial charge < -0.3 is 4.55 Å². The topological polar surface area (TPSA) is 46.2 Å². The molecular weight excluding hydrogens is 172 g/mol. The molecular formula is C6H13F2NOS. The maximum Gasteiger partial charge on any atom is 0.244 e. The Bertz CT molecular complexity index is 109. The van der Waals surface area contributed by atoms with Crippen LogP contribution in [0.2, 0.25) is 0 Å². The molecule has 1 rings (SSSR count). The van der Waals surface area contributed by atoms with Crippen molar-refractivity contribution in [2.24, 2.45) is 10.6 Å². The average molecular weight is 185 g/mol. The molecule has 0 amide bonds. The molecule has 11 heavy (non-hydrogen) atoms. The molecule has 0 bridgehead atoms. The van der Waals surface area contributed by atoms with Crippen molar-refractivity contribution >= 4 is 12.2 Å². The SMILES string of the molecule is CCC1(C(F)F)CC1.NSO. The van der Waals surface area contributed by atoms with E-state index in [9.17, 15) is 8.78 Å². The lowest BCUT2D eigenvalue weighted by atomic mass is 10.1. The summed E-state index contributed by atoms with van der Waals surface area (Å²) >= 11 is 0.250. The van der Waals surface area contributed by atoms with Gasteiger partial charge in [0, 0.05) is 5.41 Å². The fourth-order valence-electron chi connectivity index (χ4n) is 0.887. The van der Waals surface area contributed by atoms with Crippen molar-refractivity contribution in [2.75, 3.05) is 0 Å². The number of alkyl halides is 2. The van der Waals surface area contributed by atoms with Gasteiger partial charge in [-0.1, -0.05) is 6.92 Å². The van der Waals surface area contributed by atoms with Crippen molar-refractivity contribution in [2.45, 2.75) is 32.6 Å². The van der Waals surface area contributed by atoms with Gasteiger partial charge in [0.15, 0.2) is 0 Å². The molecule has 0 spiro atoms. The van der Waals surface area contributed by atoms with Crippen molar-refractivity contribution in [3.8, 4) is 0 Å². The largest absolute Gasteiger partial charge is 0.317 e. The molecule has 0 aromatic heterocycles. The van der Waals surface area contributed by atoms with E-state index in [1.54, 1.807) is 0 Å². The zero-order valence-electron chi connectivity index (χ0n) is 6.39. The zero-order valence-corrected chi connectivity index (χ0v) is 7.20. The van der Waals surface area contributed by atoms with E-state index >= 15 is 0 Å². The molecule has 68 valence electrons. The Kier molecular flexibility index (Phi) is 4.96. The van der Waals surface area contributed by atoms with Gasteiger partial charge in [-0.25, -0.2) is 8.78 Å². The van der Waals surface area contributed by atoms with Crippen molar-refractivity contribution in [3.05, 3.63) is 0 Å². The smallest absolute Gasteiger partial charge is 0.244 e. The van der Waals surface area contributed by atoms with E-state index in [1.807, 2.05) is 6.92 Å². The second-order valence-corrected chi connectivity index (χ2v) is 2.83. The summed E-state index contributed by atoms with van der Waals surface area (Å²) in [6.45, 7) is 1.83. The maximum atomic E-state index is 11.9. The first-order chi connectivity index (χ1) is 5.13. The third-order valence-electron chi connectivity index (χ3n) is 2.06. The monoisotopic (exact) mass is 185 g/mol. The quantitative estimate of drug-likeness (QED) is 0.513. The Labute approximate surface area is 69.5 Å². The number of halogens is 2. The summed E-state index contributed by atoms with van der Waals surface area (Å²) in [5, 5.41) is 4.32. The standard InChI is InChI=1S/C6H10F2.H3NOS/c1-2-6(3-4-6)5(7)8;1-3-2/h5H,2-4H2,1H3;2H,1H2. The van der Waals surface area contributed by atoms with Crippen molar-refractivity contribution in [3.63, 3.8) is 0 Å². The highest BCUT2D eigenvalue weighted by molar-refractivity contribution is 7.91. The highest BCUT2D eigenvalue weighted by Crippen LogP contribution is 2.53. The molecule has 1 fully saturated rings. The first-order valence-electron chi connectivity index (χ1n) is 3.41. The Morgan fingerprint density at radius 1 is 1.64 bits per heavy atom. The van der Waals surface area contributed by atoms with Crippen LogP contribution >= 0.6 is 12.2 Å². The van der Waals surface area contributed by atoms with Gasteiger partial charge in [0.2, 0.25) is 6.43 Å². The van der Waals surface area contributed by atoms with Gasteiger partial charge in [-0.05, 0) is 19.3 Å². The van der Waals surface area contributed by atoms with Gasteiger partial charge in [-0.2, -0.15) is 0 Å². The lowest BCUT2D eigenvalue weighted by Crippen LogP contribution is -2.09. The number of nitrogens with two attached hydrogens (primary N) is 1. The lowest BCUT2D eigenvalue weighted by Gasteiger charge is -2.08. The van der Waals surface area contributed by atoms with Crippen LogP contribution in [0.25, 0.3) is 0 Å². The molecule has 0 unspecified atom stereocenters. The second-order valence-electron chi connectivity index (χ2n) is 2.62. The van der Waals surface area contributed by atoms with Gasteiger partial charge in [-0.3, -0.25) is 5.14 Å². The normalized spacial score (nSPS) is 19.1. The fraction of sp³-hybridized carbons (Fsp3) is 1.00. The predicted molar refractivity (Wildman–Crippen MR) is 42.4 cm³/mol. The van der Waals surface area contributed by atoms with E-state index in [2.05, 4.69) is 5.14 Å². The van der Waals surface area contributed by atoms with Gasteiger partial charge in [0.1, 0.15) is 0 Å². The molecule has 0 aromatic rings. The number of hydrogen-bond donors (Lipinski definition) is 2. The van der Waals surface area contributed by atoms with E-state index in [0.29, 0.717) is 6.42 Å². The molecule has 3 N–H and O–H groups in total. The molecule has 1 aliphatic carbocycles. The summed E-state index contributed by atoms with van der Waals surface area (Å²) < 4.78 is 31.0. The Balaban J connectivity index is 0.000000292. The molecule has 1 saturated carbocycles. The van der Waals surface area contributed by atoms with Crippen LogP contribution < -0.4 is 5.14 Å². The molecule has 0 aliphatic heterocycles. The van der Waals surface area contributed by atoms with E-state index in [4.69, 9.17) is 4.55 Å². The minimum absolute atomic E-state index is 0.250. The van der Waals surface area contributed by atoms with Gasteiger partial charge in [-0.15, -0.1) is 0 Å². The van der Waals surface area contributed by atoms with Crippen LogP contribution in [-0.2, 0) is 0 Å². The molecule has 0 radical (unpaired) electrons. The van der Waals surface area contributed by atoms with Crippen LogP contribution in [0, 0.1) is 5.41 Å². The summed E-state index contributed by atoms with van der Waals surface area (Å²) in [6, 6.07) is 0. The third kappa shape index (κ3) is 3.35. The minimum Gasteiger partial charge on any atom is -0.317 e. The lowest BCUT2D eigenvalue weighted by molar-refractivity contribution is 0.0593. The summed E-state index contributed by atoms with van der Waals surface area (Å²) in [5.74, 6) is 0. The first kappa shape index (κ1) is 11.1. The third-order valence-corrected chi connectivity index (χ3v) is 2.06. The number of rotatable bonds is 2. The molecule has 0 atom stereocenters.